The van der Waals surface area contributed by atoms with Gasteiger partial charge in [0.05, 0.1) is 17.3 Å². The van der Waals surface area contributed by atoms with E-state index in [0.29, 0.717) is 11.6 Å². The third-order valence-corrected chi connectivity index (χ3v) is 4.79. The summed E-state index contributed by atoms with van der Waals surface area (Å²) in [6.07, 6.45) is 6.60. The Balaban J connectivity index is 1.78. The Morgan fingerprint density at radius 1 is 1.35 bits per heavy atom. The SMILES string of the molecule is Cc1nn(C)c(C)c1C(=O)NC(C)c1nncn1C1CCCC1. The number of carbonyl (C=O) groups is 1. The van der Waals surface area contributed by atoms with Crippen molar-refractivity contribution in [2.45, 2.75) is 58.5 Å². The maximum Gasteiger partial charge on any atom is 0.255 e. The Kier molecular flexibility index (Phi) is 4.19. The molecule has 0 bridgehead atoms. The van der Waals surface area contributed by atoms with Crippen LogP contribution < -0.4 is 5.32 Å². The molecule has 2 aromatic rings. The van der Waals surface area contributed by atoms with Gasteiger partial charge in [-0.05, 0) is 33.6 Å². The van der Waals surface area contributed by atoms with Crippen LogP contribution >= 0.6 is 0 Å². The van der Waals surface area contributed by atoms with Crippen LogP contribution in [0.1, 0.15) is 72.3 Å². The van der Waals surface area contributed by atoms with Gasteiger partial charge in [0.15, 0.2) is 5.82 Å². The van der Waals surface area contributed by atoms with Gasteiger partial charge < -0.3 is 9.88 Å². The predicted molar refractivity (Wildman–Crippen MR) is 86.1 cm³/mol. The van der Waals surface area contributed by atoms with Crippen molar-refractivity contribution in [3.05, 3.63) is 29.1 Å². The van der Waals surface area contributed by atoms with Gasteiger partial charge in [0.25, 0.3) is 5.91 Å². The average Bonchev–Trinajstić information content (AvgIpc) is 3.20. The summed E-state index contributed by atoms with van der Waals surface area (Å²) >= 11 is 0. The van der Waals surface area contributed by atoms with E-state index in [1.807, 2.05) is 27.8 Å². The fourth-order valence-corrected chi connectivity index (χ4v) is 3.46. The van der Waals surface area contributed by atoms with Crippen molar-refractivity contribution in [2.75, 3.05) is 0 Å². The Morgan fingerprint density at radius 3 is 2.65 bits per heavy atom. The molecule has 7 nitrogen and oxygen atoms in total. The highest BCUT2D eigenvalue weighted by molar-refractivity contribution is 5.96. The Hall–Kier alpha value is -2.18. The van der Waals surface area contributed by atoms with Crippen molar-refractivity contribution >= 4 is 5.91 Å². The smallest absolute Gasteiger partial charge is 0.255 e. The monoisotopic (exact) mass is 316 g/mol. The number of nitrogens with zero attached hydrogens (tertiary/aromatic N) is 5. The van der Waals surface area contributed by atoms with Crippen LogP contribution in [-0.2, 0) is 7.05 Å². The number of hydrogen-bond acceptors (Lipinski definition) is 4. The van der Waals surface area contributed by atoms with Gasteiger partial charge in [-0.2, -0.15) is 5.10 Å². The standard InChI is InChI=1S/C16H24N6O/c1-10-14(12(3)21(4)20-10)16(23)18-11(2)15-19-17-9-22(15)13-7-5-6-8-13/h9,11,13H,5-8H2,1-4H3,(H,18,23). The summed E-state index contributed by atoms with van der Waals surface area (Å²) in [5.74, 6) is 0.714. The van der Waals surface area contributed by atoms with E-state index in [1.165, 1.54) is 12.8 Å². The minimum absolute atomic E-state index is 0.110. The van der Waals surface area contributed by atoms with Crippen LogP contribution in [-0.4, -0.2) is 30.5 Å². The van der Waals surface area contributed by atoms with Crippen LogP contribution in [0.2, 0.25) is 0 Å². The molecule has 2 heterocycles. The molecule has 1 N–H and O–H groups in total. The first kappa shape index (κ1) is 15.7. The molecule has 1 amide bonds. The first-order chi connectivity index (χ1) is 11.0. The number of aromatic nitrogens is 5. The molecule has 1 unspecified atom stereocenters. The van der Waals surface area contributed by atoms with E-state index < -0.39 is 0 Å². The second-order valence-electron chi connectivity index (χ2n) is 6.40. The highest BCUT2D eigenvalue weighted by atomic mass is 16.1. The molecule has 3 rings (SSSR count). The Bertz CT molecular complexity index is 710. The van der Waals surface area contributed by atoms with Crippen molar-refractivity contribution < 1.29 is 4.79 Å². The minimum atomic E-state index is -0.190. The normalized spacial score (nSPS) is 16.7. The van der Waals surface area contributed by atoms with Crippen molar-refractivity contribution in [2.24, 2.45) is 7.05 Å². The number of aryl methyl sites for hydroxylation is 2. The first-order valence-electron chi connectivity index (χ1n) is 8.19. The lowest BCUT2D eigenvalue weighted by molar-refractivity contribution is 0.0936. The van der Waals surface area contributed by atoms with E-state index in [4.69, 9.17) is 0 Å². The van der Waals surface area contributed by atoms with E-state index in [-0.39, 0.29) is 11.9 Å². The molecule has 0 spiro atoms. The quantitative estimate of drug-likeness (QED) is 0.938. The van der Waals surface area contributed by atoms with Crippen LogP contribution in [0.5, 0.6) is 0 Å². The topological polar surface area (TPSA) is 77.6 Å². The van der Waals surface area contributed by atoms with E-state index in [0.717, 1.165) is 30.1 Å². The van der Waals surface area contributed by atoms with Crippen LogP contribution in [0.15, 0.2) is 6.33 Å². The van der Waals surface area contributed by atoms with Gasteiger partial charge in [0.1, 0.15) is 6.33 Å². The second-order valence-corrected chi connectivity index (χ2v) is 6.40. The predicted octanol–water partition coefficient (Wildman–Crippen LogP) is 2.23. The summed E-state index contributed by atoms with van der Waals surface area (Å²) in [4.78, 5) is 12.6. The van der Waals surface area contributed by atoms with Gasteiger partial charge in [0.2, 0.25) is 0 Å². The van der Waals surface area contributed by atoms with E-state index >= 15 is 0 Å². The molecule has 7 heteroatoms. The highest BCUT2D eigenvalue weighted by Crippen LogP contribution is 2.31. The summed E-state index contributed by atoms with van der Waals surface area (Å²) in [5.41, 5.74) is 2.25. The second kappa shape index (κ2) is 6.14. The molecule has 1 saturated carbocycles. The van der Waals surface area contributed by atoms with Crippen molar-refractivity contribution in [1.82, 2.24) is 29.9 Å². The Morgan fingerprint density at radius 2 is 2.04 bits per heavy atom. The molecule has 1 fully saturated rings. The largest absolute Gasteiger partial charge is 0.342 e. The zero-order chi connectivity index (χ0) is 16.6. The van der Waals surface area contributed by atoms with Crippen molar-refractivity contribution in [3.8, 4) is 0 Å². The highest BCUT2D eigenvalue weighted by Gasteiger charge is 2.25. The van der Waals surface area contributed by atoms with E-state index in [1.54, 1.807) is 11.0 Å². The summed E-state index contributed by atoms with van der Waals surface area (Å²) in [7, 11) is 1.85. The van der Waals surface area contributed by atoms with Gasteiger partial charge in [-0.3, -0.25) is 9.48 Å². The van der Waals surface area contributed by atoms with E-state index in [2.05, 4.69) is 25.2 Å². The van der Waals surface area contributed by atoms with Crippen molar-refractivity contribution in [3.63, 3.8) is 0 Å². The maximum absolute atomic E-state index is 12.6. The maximum atomic E-state index is 12.6. The average molecular weight is 316 g/mol. The lowest BCUT2D eigenvalue weighted by atomic mass is 10.1. The molecule has 1 aliphatic carbocycles. The van der Waals surface area contributed by atoms with Crippen molar-refractivity contribution in [1.29, 1.82) is 0 Å². The molecule has 124 valence electrons. The molecule has 0 radical (unpaired) electrons. The summed E-state index contributed by atoms with van der Waals surface area (Å²) in [5, 5.41) is 15.6. The molecule has 23 heavy (non-hydrogen) atoms. The lowest BCUT2D eigenvalue weighted by Gasteiger charge is -2.18. The molecule has 0 aliphatic heterocycles. The first-order valence-corrected chi connectivity index (χ1v) is 8.19. The van der Waals surface area contributed by atoms with Crippen LogP contribution in [0.25, 0.3) is 0 Å². The zero-order valence-corrected chi connectivity index (χ0v) is 14.2. The molecule has 2 aromatic heterocycles. The van der Waals surface area contributed by atoms with Crippen LogP contribution in [0.4, 0.5) is 0 Å². The molecule has 1 aliphatic rings. The molecule has 1 atom stereocenters. The minimum Gasteiger partial charge on any atom is -0.342 e. The van der Waals surface area contributed by atoms with Gasteiger partial charge in [0, 0.05) is 18.8 Å². The summed E-state index contributed by atoms with van der Waals surface area (Å²) < 4.78 is 3.86. The number of carbonyl (C=O) groups excluding carboxylic acids is 1. The summed E-state index contributed by atoms with van der Waals surface area (Å²) in [6, 6.07) is 0.269. The molecule has 0 saturated heterocycles. The molecule has 0 aromatic carbocycles. The zero-order valence-electron chi connectivity index (χ0n) is 14.2. The van der Waals surface area contributed by atoms with Gasteiger partial charge in [-0.25, -0.2) is 0 Å². The third kappa shape index (κ3) is 2.87. The summed E-state index contributed by atoms with van der Waals surface area (Å²) in [6.45, 7) is 5.71. The molecular weight excluding hydrogens is 292 g/mol. The number of hydrogen-bond donors (Lipinski definition) is 1. The van der Waals surface area contributed by atoms with Gasteiger partial charge in [-0.15, -0.1) is 10.2 Å². The number of amides is 1. The Labute approximate surface area is 136 Å². The molecular formula is C16H24N6O. The fraction of sp³-hybridized carbons (Fsp3) is 0.625. The van der Waals surface area contributed by atoms with Gasteiger partial charge in [-0.1, -0.05) is 12.8 Å². The van der Waals surface area contributed by atoms with E-state index in [9.17, 15) is 4.79 Å². The third-order valence-electron chi connectivity index (χ3n) is 4.79. The fourth-order valence-electron chi connectivity index (χ4n) is 3.46. The van der Waals surface area contributed by atoms with Crippen LogP contribution in [0.3, 0.4) is 0 Å². The van der Waals surface area contributed by atoms with Crippen LogP contribution in [0, 0.1) is 13.8 Å². The lowest BCUT2D eigenvalue weighted by Crippen LogP contribution is -2.30. The number of nitrogens with one attached hydrogen (secondary N) is 1. The van der Waals surface area contributed by atoms with Gasteiger partial charge >= 0.3 is 0 Å². The number of rotatable bonds is 4.